The summed E-state index contributed by atoms with van der Waals surface area (Å²) in [4.78, 5) is 6.62. The number of nitrogens with one attached hydrogen (secondary N) is 2. The number of halogens is 1. The minimum absolute atomic E-state index is 0. The average Bonchev–Trinajstić information content (AvgIpc) is 2.75. The molecule has 31 heavy (non-hydrogen) atoms. The predicted molar refractivity (Wildman–Crippen MR) is 134 cm³/mol. The number of sulfone groups is 1. The monoisotopic (exact) mass is 570 g/mol. The lowest BCUT2D eigenvalue weighted by Crippen LogP contribution is -2.46. The van der Waals surface area contributed by atoms with Crippen LogP contribution in [0.3, 0.4) is 0 Å². The first-order valence-corrected chi connectivity index (χ1v) is 12.1. The zero-order chi connectivity index (χ0) is 22.0. The van der Waals surface area contributed by atoms with Crippen molar-refractivity contribution in [2.75, 3.05) is 72.7 Å². The van der Waals surface area contributed by atoms with Gasteiger partial charge in [0.15, 0.2) is 17.5 Å². The van der Waals surface area contributed by atoms with Crippen LogP contribution in [0.4, 0.5) is 0 Å². The van der Waals surface area contributed by atoms with Crippen LogP contribution in [-0.4, -0.2) is 91.9 Å². The van der Waals surface area contributed by atoms with Crippen LogP contribution in [0.15, 0.2) is 23.2 Å². The summed E-state index contributed by atoms with van der Waals surface area (Å²) >= 11 is 0. The Morgan fingerprint density at radius 3 is 2.45 bits per heavy atom. The van der Waals surface area contributed by atoms with Gasteiger partial charge in [-0.3, -0.25) is 9.89 Å². The summed E-state index contributed by atoms with van der Waals surface area (Å²) in [6.45, 7) is 4.22. The van der Waals surface area contributed by atoms with Crippen LogP contribution in [0.1, 0.15) is 18.0 Å². The van der Waals surface area contributed by atoms with E-state index in [9.17, 15) is 8.42 Å². The zero-order valence-corrected chi connectivity index (χ0v) is 21.9. The van der Waals surface area contributed by atoms with Gasteiger partial charge in [0.05, 0.1) is 39.2 Å². The highest BCUT2D eigenvalue weighted by Crippen LogP contribution is 2.32. The topological polar surface area (TPSA) is 101 Å². The third-order valence-corrected chi connectivity index (χ3v) is 5.98. The Kier molecular flexibility index (Phi) is 12.5. The highest BCUT2D eigenvalue weighted by Gasteiger charge is 2.24. The van der Waals surface area contributed by atoms with Crippen molar-refractivity contribution in [3.63, 3.8) is 0 Å². The molecule has 1 saturated heterocycles. The maximum absolute atomic E-state index is 11.3. The zero-order valence-electron chi connectivity index (χ0n) is 18.7. The molecule has 0 saturated carbocycles. The minimum atomic E-state index is -2.96. The van der Waals surface area contributed by atoms with Crippen LogP contribution in [0, 0.1) is 0 Å². The molecule has 9 nitrogen and oxygen atoms in total. The fourth-order valence-electron chi connectivity index (χ4n) is 3.36. The van der Waals surface area contributed by atoms with Crippen LogP contribution in [-0.2, 0) is 14.6 Å². The molecular formula is C20H35IN4O5S. The van der Waals surface area contributed by atoms with Gasteiger partial charge >= 0.3 is 0 Å². The van der Waals surface area contributed by atoms with E-state index in [1.807, 2.05) is 18.2 Å². The second-order valence-electron chi connectivity index (χ2n) is 7.14. The van der Waals surface area contributed by atoms with Crippen molar-refractivity contribution in [1.82, 2.24) is 15.5 Å². The molecule has 11 heteroatoms. The van der Waals surface area contributed by atoms with Crippen molar-refractivity contribution in [2.24, 2.45) is 4.99 Å². The molecule has 0 aliphatic carbocycles. The van der Waals surface area contributed by atoms with Gasteiger partial charge in [-0.05, 0) is 24.1 Å². The van der Waals surface area contributed by atoms with E-state index in [4.69, 9.17) is 14.2 Å². The van der Waals surface area contributed by atoms with Gasteiger partial charge in [0.25, 0.3) is 0 Å². The van der Waals surface area contributed by atoms with Crippen molar-refractivity contribution in [1.29, 1.82) is 0 Å². The molecule has 178 valence electrons. The molecule has 0 aromatic heterocycles. The molecule has 1 heterocycles. The van der Waals surface area contributed by atoms with Gasteiger partial charge in [-0.25, -0.2) is 8.42 Å². The first-order chi connectivity index (χ1) is 14.4. The van der Waals surface area contributed by atoms with Crippen molar-refractivity contribution in [3.8, 4) is 11.5 Å². The van der Waals surface area contributed by atoms with Crippen molar-refractivity contribution < 1.29 is 22.6 Å². The lowest BCUT2D eigenvalue weighted by atomic mass is 10.0. The second-order valence-corrected chi connectivity index (χ2v) is 9.40. The number of methoxy groups -OCH3 is 2. The molecule has 0 radical (unpaired) electrons. The van der Waals surface area contributed by atoms with E-state index in [1.54, 1.807) is 21.3 Å². The van der Waals surface area contributed by atoms with Crippen molar-refractivity contribution in [3.05, 3.63) is 23.8 Å². The Morgan fingerprint density at radius 1 is 1.19 bits per heavy atom. The summed E-state index contributed by atoms with van der Waals surface area (Å²) in [6, 6.07) is 6.05. The summed E-state index contributed by atoms with van der Waals surface area (Å²) in [7, 11) is 2.00. The van der Waals surface area contributed by atoms with Gasteiger partial charge in [0, 0.05) is 39.5 Å². The van der Waals surface area contributed by atoms with E-state index >= 15 is 0 Å². The lowest BCUT2D eigenvalue weighted by Gasteiger charge is -2.35. The van der Waals surface area contributed by atoms with Crippen LogP contribution in [0.25, 0.3) is 0 Å². The van der Waals surface area contributed by atoms with E-state index in [0.717, 1.165) is 18.7 Å². The number of hydrogen-bond acceptors (Lipinski definition) is 7. The third-order valence-electron chi connectivity index (χ3n) is 4.95. The normalized spacial score (nSPS) is 16.2. The highest BCUT2D eigenvalue weighted by atomic mass is 127. The van der Waals surface area contributed by atoms with Gasteiger partial charge in [-0.1, -0.05) is 6.07 Å². The molecule has 0 spiro atoms. The van der Waals surface area contributed by atoms with E-state index in [2.05, 4.69) is 20.5 Å². The van der Waals surface area contributed by atoms with E-state index in [0.29, 0.717) is 50.2 Å². The van der Waals surface area contributed by atoms with Crippen LogP contribution < -0.4 is 20.1 Å². The van der Waals surface area contributed by atoms with Gasteiger partial charge in [-0.2, -0.15) is 0 Å². The lowest BCUT2D eigenvalue weighted by molar-refractivity contribution is 0.0169. The molecule has 2 N–H and O–H groups in total. The van der Waals surface area contributed by atoms with E-state index in [-0.39, 0.29) is 35.8 Å². The van der Waals surface area contributed by atoms with E-state index < -0.39 is 9.84 Å². The molecule has 1 aliphatic heterocycles. The molecule has 0 bridgehead atoms. The van der Waals surface area contributed by atoms with Crippen molar-refractivity contribution >= 4 is 39.8 Å². The number of nitrogens with zero attached hydrogens (tertiary/aromatic N) is 2. The average molecular weight is 570 g/mol. The van der Waals surface area contributed by atoms with Gasteiger partial charge < -0.3 is 24.8 Å². The first kappa shape index (κ1) is 27.7. The fraction of sp³-hybridized carbons (Fsp3) is 0.650. The Morgan fingerprint density at radius 2 is 1.87 bits per heavy atom. The summed E-state index contributed by atoms with van der Waals surface area (Å²) < 4.78 is 38.9. The summed E-state index contributed by atoms with van der Waals surface area (Å²) in [6.07, 6.45) is 1.78. The molecule has 1 aromatic rings. The smallest absolute Gasteiger partial charge is 0.191 e. The van der Waals surface area contributed by atoms with Crippen LogP contribution >= 0.6 is 24.0 Å². The number of morpholine rings is 1. The SMILES string of the molecule is CN=C(NCCCS(C)(=O)=O)NCC(c1ccc(OC)c(OC)c1)N1CCOCC1.I. The van der Waals surface area contributed by atoms with Gasteiger partial charge in [0.2, 0.25) is 0 Å². The Balaban J connectivity index is 0.00000480. The minimum Gasteiger partial charge on any atom is -0.493 e. The molecule has 1 atom stereocenters. The number of guanidine groups is 1. The molecule has 2 rings (SSSR count). The van der Waals surface area contributed by atoms with Gasteiger partial charge in [-0.15, -0.1) is 24.0 Å². The Hall–Kier alpha value is -1.31. The molecule has 1 unspecified atom stereocenters. The van der Waals surface area contributed by atoms with Crippen LogP contribution in [0.2, 0.25) is 0 Å². The number of benzene rings is 1. The Labute approximate surface area is 202 Å². The summed E-state index contributed by atoms with van der Waals surface area (Å²) in [5.74, 6) is 2.18. The maximum atomic E-state index is 11.3. The Bertz CT molecular complexity index is 801. The molecule has 0 amide bonds. The maximum Gasteiger partial charge on any atom is 0.191 e. The molecular weight excluding hydrogens is 535 g/mol. The van der Waals surface area contributed by atoms with Crippen LogP contribution in [0.5, 0.6) is 11.5 Å². The number of aliphatic imine (C=N–C) groups is 1. The van der Waals surface area contributed by atoms with E-state index in [1.165, 1.54) is 6.26 Å². The van der Waals surface area contributed by atoms with Crippen molar-refractivity contribution in [2.45, 2.75) is 12.5 Å². The number of hydrogen-bond donors (Lipinski definition) is 2. The quantitative estimate of drug-likeness (QED) is 0.188. The fourth-order valence-corrected chi connectivity index (χ4v) is 4.03. The first-order valence-electron chi connectivity index (χ1n) is 10.0. The summed E-state index contributed by atoms with van der Waals surface area (Å²) in [5.41, 5.74) is 1.11. The number of rotatable bonds is 10. The highest BCUT2D eigenvalue weighted by molar-refractivity contribution is 14.0. The largest absolute Gasteiger partial charge is 0.493 e. The summed E-state index contributed by atoms with van der Waals surface area (Å²) in [5, 5.41) is 6.54. The third kappa shape index (κ3) is 9.38. The number of ether oxygens (including phenoxy) is 3. The molecule has 1 aliphatic rings. The standard InChI is InChI=1S/C20H34N4O5S.HI/c1-21-20(22-8-5-13-30(4,25)26)23-15-17(24-9-11-29-12-10-24)16-6-7-18(27-2)19(14-16)28-3;/h6-7,14,17H,5,8-13,15H2,1-4H3,(H2,21,22,23);1H. The second kappa shape index (κ2) is 14.0. The predicted octanol–water partition coefficient (Wildman–Crippen LogP) is 1.29. The molecule has 1 aromatic carbocycles. The molecule has 1 fully saturated rings. The van der Waals surface area contributed by atoms with Gasteiger partial charge in [0.1, 0.15) is 9.84 Å².